The lowest BCUT2D eigenvalue weighted by Crippen LogP contribution is -2.26. The molecular weight excluding hydrogens is 298 g/mol. The number of rotatable bonds is 4. The molecule has 2 aromatic heterocycles. The quantitative estimate of drug-likeness (QED) is 0.826. The fourth-order valence-corrected chi connectivity index (χ4v) is 3.41. The van der Waals surface area contributed by atoms with Crippen molar-refractivity contribution in [3.63, 3.8) is 0 Å². The van der Waals surface area contributed by atoms with Crippen LogP contribution in [-0.4, -0.2) is 52.6 Å². The molecule has 0 amide bonds. The monoisotopic (exact) mass is 317 g/mol. The van der Waals surface area contributed by atoms with Crippen molar-refractivity contribution in [2.45, 2.75) is 32.0 Å². The molecule has 8 heteroatoms. The maximum atomic E-state index is 6.16. The first kappa shape index (κ1) is 14.4. The molecule has 2 fully saturated rings. The van der Waals surface area contributed by atoms with Gasteiger partial charge in [0.1, 0.15) is 12.1 Å². The van der Waals surface area contributed by atoms with Crippen LogP contribution in [0.25, 0.3) is 0 Å². The first-order valence-corrected chi connectivity index (χ1v) is 7.76. The second-order valence-corrected chi connectivity index (χ2v) is 6.03. The maximum Gasteiger partial charge on any atom is 0.219 e. The standard InChI is InChI=1S/C15H19N5O3/c1-9-18-19-15(22-9)4-11-3-10-6-20(7-12(10)23-11)13-5-14(21-2)17-8-16-13/h5,8,10-12H,3-4,6-7H2,1-2H3/t10-,11+,12+/m1/s1. The molecule has 4 rings (SSSR count). The van der Waals surface area contributed by atoms with Crippen molar-refractivity contribution in [3.8, 4) is 5.88 Å². The molecule has 122 valence electrons. The summed E-state index contributed by atoms with van der Waals surface area (Å²) in [6.45, 7) is 3.57. The Labute approximate surface area is 133 Å². The molecule has 0 aliphatic carbocycles. The molecule has 2 aliphatic heterocycles. The van der Waals surface area contributed by atoms with Crippen LogP contribution in [0.5, 0.6) is 5.88 Å². The van der Waals surface area contributed by atoms with Gasteiger partial charge in [0.15, 0.2) is 0 Å². The number of nitrogens with zero attached hydrogens (tertiary/aromatic N) is 5. The van der Waals surface area contributed by atoms with E-state index in [4.69, 9.17) is 13.9 Å². The number of aryl methyl sites for hydroxylation is 1. The van der Waals surface area contributed by atoms with Crippen LogP contribution in [0, 0.1) is 12.8 Å². The van der Waals surface area contributed by atoms with Gasteiger partial charge in [0.25, 0.3) is 0 Å². The van der Waals surface area contributed by atoms with Gasteiger partial charge in [-0.05, 0) is 6.42 Å². The van der Waals surface area contributed by atoms with Crippen LogP contribution in [0.1, 0.15) is 18.2 Å². The van der Waals surface area contributed by atoms with Gasteiger partial charge < -0.3 is 18.8 Å². The average molecular weight is 317 g/mol. The topological polar surface area (TPSA) is 86.4 Å². The minimum atomic E-state index is 0.159. The highest BCUT2D eigenvalue weighted by atomic mass is 16.5. The SMILES string of the molecule is COc1cc(N2C[C@H]3C[C@@H](Cc4nnc(C)o4)O[C@H]3C2)ncn1. The molecule has 23 heavy (non-hydrogen) atoms. The molecule has 3 atom stereocenters. The van der Waals surface area contributed by atoms with E-state index in [9.17, 15) is 0 Å². The van der Waals surface area contributed by atoms with E-state index in [0.717, 1.165) is 25.3 Å². The van der Waals surface area contributed by atoms with Crippen molar-refractivity contribution >= 4 is 5.82 Å². The lowest BCUT2D eigenvalue weighted by molar-refractivity contribution is 0.0463. The van der Waals surface area contributed by atoms with Crippen molar-refractivity contribution in [1.82, 2.24) is 20.2 Å². The van der Waals surface area contributed by atoms with E-state index in [-0.39, 0.29) is 12.2 Å². The van der Waals surface area contributed by atoms with Crippen LogP contribution in [0.3, 0.4) is 0 Å². The number of aromatic nitrogens is 4. The number of hydrogen-bond acceptors (Lipinski definition) is 8. The van der Waals surface area contributed by atoms with E-state index in [0.29, 0.717) is 30.0 Å². The number of ether oxygens (including phenoxy) is 2. The van der Waals surface area contributed by atoms with Gasteiger partial charge in [0, 0.05) is 32.0 Å². The van der Waals surface area contributed by atoms with Gasteiger partial charge in [-0.15, -0.1) is 10.2 Å². The van der Waals surface area contributed by atoms with Gasteiger partial charge in [-0.25, -0.2) is 9.97 Å². The molecule has 0 saturated carbocycles. The normalized spacial score (nSPS) is 26.5. The summed E-state index contributed by atoms with van der Waals surface area (Å²) in [7, 11) is 1.61. The Morgan fingerprint density at radius 2 is 2.22 bits per heavy atom. The van der Waals surface area contributed by atoms with Gasteiger partial charge in [-0.1, -0.05) is 0 Å². The number of hydrogen-bond donors (Lipinski definition) is 0. The summed E-state index contributed by atoms with van der Waals surface area (Å²) >= 11 is 0. The van der Waals surface area contributed by atoms with Crippen molar-refractivity contribution in [3.05, 3.63) is 24.2 Å². The molecule has 0 unspecified atom stereocenters. The van der Waals surface area contributed by atoms with Crippen LogP contribution in [0.2, 0.25) is 0 Å². The van der Waals surface area contributed by atoms with Crippen LogP contribution in [-0.2, 0) is 11.2 Å². The molecule has 0 N–H and O–H groups in total. The Kier molecular flexibility index (Phi) is 3.60. The summed E-state index contributed by atoms with van der Waals surface area (Å²) in [5.74, 6) is 3.23. The van der Waals surface area contributed by atoms with Gasteiger partial charge in [-0.2, -0.15) is 0 Å². The highest BCUT2D eigenvalue weighted by Gasteiger charge is 2.42. The fraction of sp³-hybridized carbons (Fsp3) is 0.600. The second-order valence-electron chi connectivity index (χ2n) is 6.03. The predicted octanol–water partition coefficient (Wildman–Crippen LogP) is 1.01. The summed E-state index contributed by atoms with van der Waals surface area (Å²) in [4.78, 5) is 10.6. The van der Waals surface area contributed by atoms with E-state index >= 15 is 0 Å². The third kappa shape index (κ3) is 2.86. The second kappa shape index (κ2) is 5.77. The molecule has 2 saturated heterocycles. The number of methoxy groups -OCH3 is 1. The summed E-state index contributed by atoms with van der Waals surface area (Å²) in [6, 6.07) is 1.86. The van der Waals surface area contributed by atoms with E-state index in [1.165, 1.54) is 6.33 Å². The Balaban J connectivity index is 1.38. The Morgan fingerprint density at radius 3 is 2.96 bits per heavy atom. The predicted molar refractivity (Wildman–Crippen MR) is 80.3 cm³/mol. The zero-order valence-electron chi connectivity index (χ0n) is 13.2. The summed E-state index contributed by atoms with van der Waals surface area (Å²) in [5.41, 5.74) is 0. The molecule has 0 radical (unpaired) electrons. The van der Waals surface area contributed by atoms with Crippen LogP contribution in [0.4, 0.5) is 5.82 Å². The highest BCUT2D eigenvalue weighted by molar-refractivity contribution is 5.42. The van der Waals surface area contributed by atoms with Crippen LogP contribution < -0.4 is 9.64 Å². The molecule has 4 heterocycles. The fourth-order valence-electron chi connectivity index (χ4n) is 3.41. The van der Waals surface area contributed by atoms with Crippen molar-refractivity contribution < 1.29 is 13.9 Å². The Hall–Kier alpha value is -2.22. The molecule has 0 spiro atoms. The first-order valence-electron chi connectivity index (χ1n) is 7.76. The van der Waals surface area contributed by atoms with Gasteiger partial charge >= 0.3 is 0 Å². The largest absolute Gasteiger partial charge is 0.481 e. The van der Waals surface area contributed by atoms with Crippen molar-refractivity contribution in [1.29, 1.82) is 0 Å². The maximum absolute atomic E-state index is 6.16. The van der Waals surface area contributed by atoms with Crippen molar-refractivity contribution in [2.24, 2.45) is 5.92 Å². The highest BCUT2D eigenvalue weighted by Crippen LogP contribution is 2.36. The third-order valence-corrected chi connectivity index (χ3v) is 4.44. The third-order valence-electron chi connectivity index (χ3n) is 4.44. The summed E-state index contributed by atoms with van der Waals surface area (Å²) in [6.07, 6.45) is 3.61. The van der Waals surface area contributed by atoms with Gasteiger partial charge in [-0.3, -0.25) is 0 Å². The van der Waals surface area contributed by atoms with Gasteiger partial charge in [0.2, 0.25) is 17.7 Å². The number of anilines is 1. The minimum absolute atomic E-state index is 0.159. The Morgan fingerprint density at radius 1 is 1.30 bits per heavy atom. The van der Waals surface area contributed by atoms with Crippen LogP contribution >= 0.6 is 0 Å². The smallest absolute Gasteiger partial charge is 0.219 e. The number of fused-ring (bicyclic) bond motifs is 1. The molecule has 0 aromatic carbocycles. The van der Waals surface area contributed by atoms with E-state index in [1.807, 2.05) is 6.07 Å². The van der Waals surface area contributed by atoms with Crippen molar-refractivity contribution in [2.75, 3.05) is 25.1 Å². The van der Waals surface area contributed by atoms with E-state index < -0.39 is 0 Å². The van der Waals surface area contributed by atoms with Crippen LogP contribution in [0.15, 0.2) is 16.8 Å². The van der Waals surface area contributed by atoms with E-state index in [1.54, 1.807) is 14.0 Å². The summed E-state index contributed by atoms with van der Waals surface area (Å²) in [5, 5.41) is 7.91. The zero-order valence-corrected chi connectivity index (χ0v) is 13.2. The minimum Gasteiger partial charge on any atom is -0.481 e. The lowest BCUT2D eigenvalue weighted by Gasteiger charge is -2.19. The molecule has 8 nitrogen and oxygen atoms in total. The Bertz CT molecular complexity index is 677. The molecule has 2 aliphatic rings. The molecule has 2 aromatic rings. The lowest BCUT2D eigenvalue weighted by atomic mass is 10.0. The average Bonchev–Trinajstić information content (AvgIpc) is 3.22. The first-order chi connectivity index (χ1) is 11.2. The molecule has 0 bridgehead atoms. The van der Waals surface area contributed by atoms with Gasteiger partial charge in [0.05, 0.1) is 25.7 Å². The summed E-state index contributed by atoms with van der Waals surface area (Å²) < 4.78 is 16.8. The zero-order chi connectivity index (χ0) is 15.8. The van der Waals surface area contributed by atoms with E-state index in [2.05, 4.69) is 25.1 Å². The molecular formula is C15H19N5O3.